The first-order valence-corrected chi connectivity index (χ1v) is 9.29. The minimum Gasteiger partial charge on any atom is -0.455 e. The van der Waals surface area contributed by atoms with Crippen LogP contribution in [0.25, 0.3) is 11.1 Å². The lowest BCUT2D eigenvalue weighted by molar-refractivity contribution is -0.144. The van der Waals surface area contributed by atoms with Gasteiger partial charge in [-0.2, -0.15) is 0 Å². The van der Waals surface area contributed by atoms with Gasteiger partial charge in [0.05, 0.1) is 0 Å². The predicted octanol–water partition coefficient (Wildman–Crippen LogP) is 2.46. The zero-order chi connectivity index (χ0) is 19.9. The molecule has 0 aliphatic carbocycles. The number of ether oxygens (including phenoxy) is 1. The standard InChI is InChI=1S/C19H17N3O5S/c1-20-18(25)12-6-8-13(9-7-12)21-16(23)10-26-17(24)11-28-19-22-14-4-2-3-5-15(14)27-19/h2-9H,10-11H2,1H3,(H,20,25)(H,21,23). The number of oxazole rings is 1. The lowest BCUT2D eigenvalue weighted by Gasteiger charge is -2.07. The molecule has 0 bridgehead atoms. The van der Waals surface area contributed by atoms with Gasteiger partial charge in [0.15, 0.2) is 12.2 Å². The Labute approximate surface area is 164 Å². The van der Waals surface area contributed by atoms with Crippen molar-refractivity contribution in [1.82, 2.24) is 10.3 Å². The lowest BCUT2D eigenvalue weighted by atomic mass is 10.2. The second-order valence-corrected chi connectivity index (χ2v) is 6.53. The van der Waals surface area contributed by atoms with Gasteiger partial charge >= 0.3 is 5.97 Å². The van der Waals surface area contributed by atoms with Crippen LogP contribution in [0.2, 0.25) is 0 Å². The third-order valence-electron chi connectivity index (χ3n) is 3.61. The summed E-state index contributed by atoms with van der Waals surface area (Å²) in [5, 5.41) is 5.46. The fourth-order valence-electron chi connectivity index (χ4n) is 2.27. The number of aromatic nitrogens is 1. The number of para-hydroxylation sites is 2. The molecule has 0 aliphatic rings. The third-order valence-corrected chi connectivity index (χ3v) is 4.41. The summed E-state index contributed by atoms with van der Waals surface area (Å²) in [6.45, 7) is -0.413. The molecule has 0 aliphatic heterocycles. The number of nitrogens with one attached hydrogen (secondary N) is 2. The number of carbonyl (C=O) groups excluding carboxylic acids is 3. The van der Waals surface area contributed by atoms with E-state index >= 15 is 0 Å². The average Bonchev–Trinajstić information content (AvgIpc) is 3.13. The summed E-state index contributed by atoms with van der Waals surface area (Å²) in [7, 11) is 1.54. The Morgan fingerprint density at radius 1 is 1.11 bits per heavy atom. The number of fused-ring (bicyclic) bond motifs is 1. The molecule has 0 fully saturated rings. The van der Waals surface area contributed by atoms with Gasteiger partial charge < -0.3 is 19.8 Å². The van der Waals surface area contributed by atoms with E-state index in [1.165, 1.54) is 7.05 Å². The molecular formula is C19H17N3O5S. The number of esters is 1. The monoisotopic (exact) mass is 399 g/mol. The number of anilines is 1. The molecule has 0 unspecified atom stereocenters. The molecule has 2 N–H and O–H groups in total. The number of carbonyl (C=O) groups is 3. The summed E-state index contributed by atoms with van der Waals surface area (Å²) in [5.74, 6) is -1.28. The van der Waals surface area contributed by atoms with Crippen LogP contribution in [0.5, 0.6) is 0 Å². The summed E-state index contributed by atoms with van der Waals surface area (Å²) >= 11 is 1.09. The fourth-order valence-corrected chi connectivity index (χ4v) is 2.90. The second-order valence-electron chi connectivity index (χ2n) is 5.60. The average molecular weight is 399 g/mol. The number of nitrogens with zero attached hydrogens (tertiary/aromatic N) is 1. The number of hydrogen-bond donors (Lipinski definition) is 2. The van der Waals surface area contributed by atoms with Gasteiger partial charge in [-0.15, -0.1) is 0 Å². The maximum Gasteiger partial charge on any atom is 0.316 e. The maximum absolute atomic E-state index is 11.9. The molecule has 8 nitrogen and oxygen atoms in total. The smallest absolute Gasteiger partial charge is 0.316 e. The molecule has 144 valence electrons. The first-order valence-electron chi connectivity index (χ1n) is 8.31. The highest BCUT2D eigenvalue weighted by molar-refractivity contribution is 7.99. The minimum atomic E-state index is -0.558. The molecule has 0 spiro atoms. The van der Waals surface area contributed by atoms with Crippen LogP contribution in [-0.2, 0) is 14.3 Å². The van der Waals surface area contributed by atoms with Gasteiger partial charge in [0.25, 0.3) is 17.0 Å². The summed E-state index contributed by atoms with van der Waals surface area (Å²) in [6, 6.07) is 13.6. The molecule has 1 aromatic heterocycles. The Hall–Kier alpha value is -3.33. The lowest BCUT2D eigenvalue weighted by Crippen LogP contribution is -2.22. The van der Waals surface area contributed by atoms with Crippen molar-refractivity contribution in [3.05, 3.63) is 54.1 Å². The SMILES string of the molecule is CNC(=O)c1ccc(NC(=O)COC(=O)CSc2nc3ccccc3o2)cc1. The Balaban J connectivity index is 1.42. The maximum atomic E-state index is 11.9. The van der Waals surface area contributed by atoms with Gasteiger partial charge in [-0.3, -0.25) is 14.4 Å². The number of hydrogen-bond acceptors (Lipinski definition) is 7. The molecule has 2 aromatic carbocycles. The molecule has 3 rings (SSSR count). The van der Waals surface area contributed by atoms with Crippen molar-refractivity contribution in [2.24, 2.45) is 0 Å². The molecule has 28 heavy (non-hydrogen) atoms. The van der Waals surface area contributed by atoms with E-state index in [-0.39, 0.29) is 11.7 Å². The second kappa shape index (κ2) is 9.05. The van der Waals surface area contributed by atoms with Gasteiger partial charge in [0.1, 0.15) is 11.3 Å². The first-order chi connectivity index (χ1) is 13.5. The molecule has 0 atom stereocenters. The van der Waals surface area contributed by atoms with Gasteiger partial charge in [-0.1, -0.05) is 23.9 Å². The number of amides is 2. The van der Waals surface area contributed by atoms with E-state index in [9.17, 15) is 14.4 Å². The van der Waals surface area contributed by atoms with Crippen LogP contribution in [0.3, 0.4) is 0 Å². The van der Waals surface area contributed by atoms with E-state index in [4.69, 9.17) is 9.15 Å². The summed E-state index contributed by atoms with van der Waals surface area (Å²) in [5.41, 5.74) is 2.32. The Kier molecular flexibility index (Phi) is 6.28. The fraction of sp³-hybridized carbons (Fsp3) is 0.158. The predicted molar refractivity (Wildman–Crippen MR) is 104 cm³/mol. The van der Waals surface area contributed by atoms with E-state index in [2.05, 4.69) is 15.6 Å². The van der Waals surface area contributed by atoms with Crippen LogP contribution >= 0.6 is 11.8 Å². The summed E-state index contributed by atoms with van der Waals surface area (Å²) in [6.07, 6.45) is 0. The summed E-state index contributed by atoms with van der Waals surface area (Å²) in [4.78, 5) is 39.4. The Bertz CT molecular complexity index is 967. The van der Waals surface area contributed by atoms with Gasteiger partial charge in [-0.25, -0.2) is 4.98 Å². The van der Waals surface area contributed by atoms with Crippen molar-refractivity contribution in [2.75, 3.05) is 24.7 Å². The quantitative estimate of drug-likeness (QED) is 0.464. The van der Waals surface area contributed by atoms with Gasteiger partial charge in [0, 0.05) is 18.3 Å². The number of thioether (sulfide) groups is 1. The van der Waals surface area contributed by atoms with Gasteiger partial charge in [-0.05, 0) is 36.4 Å². The van der Waals surface area contributed by atoms with E-state index in [0.29, 0.717) is 27.6 Å². The van der Waals surface area contributed by atoms with E-state index < -0.39 is 18.5 Å². The highest BCUT2D eigenvalue weighted by Gasteiger charge is 2.12. The van der Waals surface area contributed by atoms with Crippen LogP contribution in [0.15, 0.2) is 58.2 Å². The van der Waals surface area contributed by atoms with Crippen molar-refractivity contribution in [3.63, 3.8) is 0 Å². The normalized spacial score (nSPS) is 10.5. The van der Waals surface area contributed by atoms with Crippen molar-refractivity contribution >= 4 is 46.3 Å². The van der Waals surface area contributed by atoms with E-state index in [1.54, 1.807) is 30.3 Å². The van der Waals surface area contributed by atoms with Crippen LogP contribution in [0.1, 0.15) is 10.4 Å². The first kappa shape index (κ1) is 19.4. The van der Waals surface area contributed by atoms with Gasteiger partial charge in [0.2, 0.25) is 0 Å². The van der Waals surface area contributed by atoms with Crippen LogP contribution in [-0.4, -0.2) is 42.2 Å². The van der Waals surface area contributed by atoms with Crippen LogP contribution in [0, 0.1) is 0 Å². The highest BCUT2D eigenvalue weighted by Crippen LogP contribution is 2.23. The zero-order valence-electron chi connectivity index (χ0n) is 14.9. The topological polar surface area (TPSA) is 111 Å². The highest BCUT2D eigenvalue weighted by atomic mass is 32.2. The molecule has 1 heterocycles. The molecule has 2 amide bonds. The summed E-state index contributed by atoms with van der Waals surface area (Å²) < 4.78 is 10.4. The van der Waals surface area contributed by atoms with Crippen LogP contribution < -0.4 is 10.6 Å². The number of benzene rings is 2. The molecular weight excluding hydrogens is 382 g/mol. The molecule has 9 heteroatoms. The number of rotatable bonds is 7. The van der Waals surface area contributed by atoms with Crippen molar-refractivity contribution in [2.45, 2.75) is 5.22 Å². The minimum absolute atomic E-state index is 0.0269. The molecule has 0 saturated heterocycles. The Morgan fingerprint density at radius 2 is 1.86 bits per heavy atom. The van der Waals surface area contributed by atoms with Crippen LogP contribution in [0.4, 0.5) is 5.69 Å². The Morgan fingerprint density at radius 3 is 2.57 bits per heavy atom. The largest absolute Gasteiger partial charge is 0.455 e. The molecule has 3 aromatic rings. The zero-order valence-corrected chi connectivity index (χ0v) is 15.7. The third kappa shape index (κ3) is 5.10. The molecule has 0 saturated carbocycles. The van der Waals surface area contributed by atoms with Crippen molar-refractivity contribution in [1.29, 1.82) is 0 Å². The molecule has 0 radical (unpaired) electrons. The van der Waals surface area contributed by atoms with Crippen molar-refractivity contribution in [3.8, 4) is 0 Å². The van der Waals surface area contributed by atoms with E-state index in [1.807, 2.05) is 18.2 Å². The van der Waals surface area contributed by atoms with E-state index in [0.717, 1.165) is 11.8 Å². The van der Waals surface area contributed by atoms with Crippen molar-refractivity contribution < 1.29 is 23.5 Å².